The first-order valence-corrected chi connectivity index (χ1v) is 22.6. The molecule has 0 radical (unpaired) electrons. The van der Waals surface area contributed by atoms with E-state index in [-0.39, 0.29) is 22.9 Å². The van der Waals surface area contributed by atoms with Crippen molar-refractivity contribution < 1.29 is 38.1 Å². The third-order valence-electron chi connectivity index (χ3n) is 12.5. The van der Waals surface area contributed by atoms with E-state index in [0.717, 1.165) is 106 Å². The lowest BCUT2D eigenvalue weighted by Crippen LogP contribution is -2.59. The van der Waals surface area contributed by atoms with E-state index >= 15 is 0 Å². The van der Waals surface area contributed by atoms with E-state index in [2.05, 4.69) is 14.7 Å². The molecule has 0 amide bonds. The molecule has 3 aliphatic heterocycles. The Morgan fingerprint density at radius 1 is 0.550 bits per heavy atom. The lowest BCUT2D eigenvalue weighted by atomic mass is 9.75. The molecule has 3 saturated heterocycles. The normalized spacial score (nSPS) is 19.1. The van der Waals surface area contributed by atoms with Gasteiger partial charge in [0.25, 0.3) is 0 Å². The summed E-state index contributed by atoms with van der Waals surface area (Å²) in [6, 6.07) is 22.7. The van der Waals surface area contributed by atoms with E-state index in [0.29, 0.717) is 26.4 Å². The summed E-state index contributed by atoms with van der Waals surface area (Å²) in [6.45, 7) is 17.2. The van der Waals surface area contributed by atoms with Crippen LogP contribution in [-0.4, -0.2) is 148 Å². The van der Waals surface area contributed by atoms with Gasteiger partial charge in [-0.25, -0.2) is 0 Å². The highest BCUT2D eigenvalue weighted by Gasteiger charge is 2.45. The summed E-state index contributed by atoms with van der Waals surface area (Å²) in [4.78, 5) is 46.6. The molecule has 328 valence electrons. The van der Waals surface area contributed by atoms with Crippen LogP contribution in [0, 0.1) is 0 Å². The molecule has 0 bridgehead atoms. The molecule has 0 unspecified atom stereocenters. The van der Waals surface area contributed by atoms with Crippen LogP contribution in [0.15, 0.2) is 77.7 Å². The van der Waals surface area contributed by atoms with Gasteiger partial charge in [-0.15, -0.1) is 11.8 Å². The van der Waals surface area contributed by atoms with Gasteiger partial charge in [-0.2, -0.15) is 0 Å². The third-order valence-corrected chi connectivity index (χ3v) is 13.2. The maximum atomic E-state index is 13.3. The molecule has 60 heavy (non-hydrogen) atoms. The lowest BCUT2D eigenvalue weighted by molar-refractivity contribution is -0.0264. The first kappa shape index (κ1) is 47.4. The highest BCUT2D eigenvalue weighted by Crippen LogP contribution is 2.37. The number of carbonyl (C=O) groups is 3. The predicted molar refractivity (Wildman–Crippen MR) is 238 cm³/mol. The third kappa shape index (κ3) is 11.8. The Morgan fingerprint density at radius 3 is 1.30 bits per heavy atom. The molecule has 11 nitrogen and oxygen atoms in total. The van der Waals surface area contributed by atoms with Gasteiger partial charge in [0, 0.05) is 60.9 Å². The van der Waals surface area contributed by atoms with Gasteiger partial charge < -0.3 is 23.7 Å². The average Bonchev–Trinajstić information content (AvgIpc) is 3.32. The fraction of sp³-hybridized carbons (Fsp3) is 0.562. The van der Waals surface area contributed by atoms with Crippen molar-refractivity contribution in [2.45, 2.75) is 81.3 Å². The van der Waals surface area contributed by atoms with Crippen molar-refractivity contribution in [2.75, 3.05) is 99.4 Å². The van der Waals surface area contributed by atoms with Crippen molar-refractivity contribution in [3.05, 3.63) is 89.5 Å². The van der Waals surface area contributed by atoms with Gasteiger partial charge in [-0.1, -0.05) is 31.4 Å². The van der Waals surface area contributed by atoms with E-state index < -0.39 is 11.1 Å². The molecule has 0 spiro atoms. The second-order valence-electron chi connectivity index (χ2n) is 16.7. The van der Waals surface area contributed by atoms with Crippen molar-refractivity contribution in [3.63, 3.8) is 0 Å². The molecule has 7 rings (SSSR count). The number of rotatable bonds is 12. The Balaban J connectivity index is 0.000000171. The monoisotopic (exact) mass is 845 g/mol. The van der Waals surface area contributed by atoms with Crippen LogP contribution in [0.2, 0.25) is 0 Å². The minimum absolute atomic E-state index is 0.136. The summed E-state index contributed by atoms with van der Waals surface area (Å²) in [6.07, 6.45) is 7.49. The summed E-state index contributed by atoms with van der Waals surface area (Å²) in [5.74, 6) is 2.15. The van der Waals surface area contributed by atoms with Gasteiger partial charge in [0.15, 0.2) is 17.3 Å². The van der Waals surface area contributed by atoms with Gasteiger partial charge >= 0.3 is 0 Å². The zero-order chi connectivity index (χ0) is 43.2. The smallest absolute Gasteiger partial charge is 0.183 e. The first-order valence-electron chi connectivity index (χ1n) is 21.4. The fourth-order valence-corrected chi connectivity index (χ4v) is 8.96. The molecular formula is C48H67N3O8S. The Morgan fingerprint density at radius 2 is 0.917 bits per heavy atom. The molecule has 4 fully saturated rings. The van der Waals surface area contributed by atoms with Gasteiger partial charge in [0.2, 0.25) is 0 Å². The van der Waals surface area contributed by atoms with Crippen molar-refractivity contribution in [1.29, 1.82) is 0 Å². The molecule has 1 aliphatic carbocycles. The van der Waals surface area contributed by atoms with E-state index in [1.165, 1.54) is 11.3 Å². The SMILES string of the molecule is COc1ccc(C(=O)C(C)(C)N2CCOCC2)cc1.COc1ccc(C(=O)C2(N3CCOCC3)CCCCC2)cc1.CSc1ccc(C(=O)C(C)(C)N2CCOCC2)cc1. The summed E-state index contributed by atoms with van der Waals surface area (Å²) in [5.41, 5.74) is 1.01. The largest absolute Gasteiger partial charge is 0.497 e. The highest BCUT2D eigenvalue weighted by molar-refractivity contribution is 7.98. The van der Waals surface area contributed by atoms with Gasteiger partial charge in [0.1, 0.15) is 11.5 Å². The summed E-state index contributed by atoms with van der Waals surface area (Å²) in [7, 11) is 3.27. The number of benzene rings is 3. The van der Waals surface area contributed by atoms with Crippen LogP contribution < -0.4 is 9.47 Å². The Kier molecular flexibility index (Phi) is 17.8. The van der Waals surface area contributed by atoms with E-state index in [1.54, 1.807) is 26.0 Å². The van der Waals surface area contributed by atoms with E-state index in [4.69, 9.17) is 23.7 Å². The molecule has 0 atom stereocenters. The van der Waals surface area contributed by atoms with Crippen LogP contribution >= 0.6 is 11.8 Å². The van der Waals surface area contributed by atoms with Crippen LogP contribution in [0.5, 0.6) is 11.5 Å². The minimum Gasteiger partial charge on any atom is -0.497 e. The Labute approximate surface area is 362 Å². The van der Waals surface area contributed by atoms with Crippen LogP contribution in [0.3, 0.4) is 0 Å². The van der Waals surface area contributed by atoms with E-state index in [9.17, 15) is 14.4 Å². The number of nitrogens with zero attached hydrogens (tertiary/aromatic N) is 3. The molecule has 3 aromatic rings. The maximum absolute atomic E-state index is 13.3. The van der Waals surface area contributed by atoms with Crippen LogP contribution in [-0.2, 0) is 14.2 Å². The van der Waals surface area contributed by atoms with Crippen molar-refractivity contribution in [3.8, 4) is 11.5 Å². The number of thioether (sulfide) groups is 1. The highest BCUT2D eigenvalue weighted by atomic mass is 32.2. The van der Waals surface area contributed by atoms with E-state index in [1.807, 2.05) is 107 Å². The lowest BCUT2D eigenvalue weighted by Gasteiger charge is -2.46. The molecule has 12 heteroatoms. The zero-order valence-electron chi connectivity index (χ0n) is 37.0. The predicted octanol–water partition coefficient (Wildman–Crippen LogP) is 7.60. The summed E-state index contributed by atoms with van der Waals surface area (Å²) in [5, 5.41) is 0. The maximum Gasteiger partial charge on any atom is 0.183 e. The summed E-state index contributed by atoms with van der Waals surface area (Å²) >= 11 is 1.69. The second-order valence-corrected chi connectivity index (χ2v) is 17.6. The minimum atomic E-state index is -0.502. The number of carbonyl (C=O) groups excluding carboxylic acids is 3. The Hall–Kier alpha value is -3.62. The number of morpholine rings is 3. The molecule has 0 aromatic heterocycles. The summed E-state index contributed by atoms with van der Waals surface area (Å²) < 4.78 is 26.5. The molecule has 3 aromatic carbocycles. The number of ketones is 3. The first-order chi connectivity index (χ1) is 28.9. The van der Waals surface area contributed by atoms with Crippen molar-refractivity contribution in [2.24, 2.45) is 0 Å². The number of hydrogen-bond acceptors (Lipinski definition) is 12. The molecule has 1 saturated carbocycles. The molecule has 0 N–H and O–H groups in total. The quantitative estimate of drug-likeness (QED) is 0.132. The number of ether oxygens (including phenoxy) is 5. The Bertz CT molecular complexity index is 1710. The van der Waals surface area contributed by atoms with Crippen LogP contribution in [0.4, 0.5) is 0 Å². The standard InChI is InChI=1S/C18H25NO3.C15H21NO3.C15H21NO2S/c1-21-16-7-5-15(6-8-16)17(20)18(9-3-2-4-10-18)19-11-13-22-14-12-19;1-15(2,16-8-10-19-11-9-16)14(17)12-4-6-13(18-3)7-5-12;1-15(2,16-8-10-18-11-9-16)14(17)12-4-6-13(19-3)7-5-12/h5-8H,2-4,9-14H2,1H3;2*4-7H,8-11H2,1-3H3. The average molecular weight is 846 g/mol. The molecular weight excluding hydrogens is 779 g/mol. The van der Waals surface area contributed by atoms with Gasteiger partial charge in [-0.3, -0.25) is 29.1 Å². The van der Waals surface area contributed by atoms with Crippen LogP contribution in [0.1, 0.15) is 90.9 Å². The van der Waals surface area contributed by atoms with Crippen molar-refractivity contribution >= 4 is 29.1 Å². The molecule has 3 heterocycles. The molecule has 4 aliphatic rings. The number of methoxy groups -OCH3 is 2. The zero-order valence-corrected chi connectivity index (χ0v) is 37.8. The van der Waals surface area contributed by atoms with Gasteiger partial charge in [0.05, 0.1) is 70.5 Å². The second kappa shape index (κ2) is 22.5. The fourth-order valence-electron chi connectivity index (χ4n) is 8.55. The van der Waals surface area contributed by atoms with Crippen LogP contribution in [0.25, 0.3) is 0 Å². The van der Waals surface area contributed by atoms with Gasteiger partial charge in [-0.05, 0) is 107 Å². The topological polar surface area (TPSA) is 107 Å². The number of Topliss-reactive ketones (excluding diaryl/α,β-unsaturated/α-hetero) is 3. The number of hydrogen-bond donors (Lipinski definition) is 0. The van der Waals surface area contributed by atoms with Crippen molar-refractivity contribution in [1.82, 2.24) is 14.7 Å².